The molecule has 26 heavy (non-hydrogen) atoms. The fraction of sp³-hybridized carbons (Fsp3) is 0.579. The number of nitrogen functional groups attached to an aromatic ring is 1. The lowest BCUT2D eigenvalue weighted by Gasteiger charge is -2.35. The molecule has 6 nitrogen and oxygen atoms in total. The molecule has 5 rings (SSSR count). The number of piperidine rings is 1. The third-order valence-corrected chi connectivity index (χ3v) is 6.42. The molecule has 7 heteroatoms. The lowest BCUT2D eigenvalue weighted by Crippen LogP contribution is -2.48. The van der Waals surface area contributed by atoms with Gasteiger partial charge in [-0.15, -0.1) is 0 Å². The van der Waals surface area contributed by atoms with E-state index in [2.05, 4.69) is 34.5 Å². The SMILES string of the molecule is CC(C)n1nc(-c2cnc(N)c(Cl)c2)cc1C1[C@H]2CN(C3COC3)C[C@@H]12. The van der Waals surface area contributed by atoms with Gasteiger partial charge in [0.05, 0.1) is 30.0 Å². The first kappa shape index (κ1) is 16.5. The standard InChI is InChI=1S/C19H24ClN5O/c1-10(2)25-17(4-16(23-25)11-3-15(20)19(21)22-5-11)18-13-6-24(7-14(13)18)12-8-26-9-12/h3-5,10,12-14,18H,6-9H2,1-2H3,(H2,21,22)/t13-,14+,18?. The Morgan fingerprint density at radius 1 is 1.23 bits per heavy atom. The molecule has 0 radical (unpaired) electrons. The molecular formula is C19H24ClN5O. The van der Waals surface area contributed by atoms with Crippen LogP contribution in [0.1, 0.15) is 31.5 Å². The summed E-state index contributed by atoms with van der Waals surface area (Å²) >= 11 is 6.15. The molecule has 1 unspecified atom stereocenters. The van der Waals surface area contributed by atoms with Crippen LogP contribution >= 0.6 is 11.6 Å². The van der Waals surface area contributed by atoms with E-state index >= 15 is 0 Å². The zero-order valence-electron chi connectivity index (χ0n) is 15.1. The lowest BCUT2D eigenvalue weighted by atomic mass is 10.1. The number of ether oxygens (including phenoxy) is 1. The molecule has 2 aromatic rings. The van der Waals surface area contributed by atoms with E-state index < -0.39 is 0 Å². The Labute approximate surface area is 158 Å². The first-order chi connectivity index (χ1) is 12.5. The van der Waals surface area contributed by atoms with Crippen LogP contribution in [0.25, 0.3) is 11.3 Å². The maximum atomic E-state index is 6.15. The van der Waals surface area contributed by atoms with Crippen LogP contribution in [-0.2, 0) is 4.74 Å². The lowest BCUT2D eigenvalue weighted by molar-refractivity contribution is -0.0610. The van der Waals surface area contributed by atoms with E-state index in [1.807, 2.05) is 6.07 Å². The van der Waals surface area contributed by atoms with Gasteiger partial charge in [-0.25, -0.2) is 4.98 Å². The Morgan fingerprint density at radius 3 is 2.54 bits per heavy atom. The maximum absolute atomic E-state index is 6.15. The fourth-order valence-corrected chi connectivity index (χ4v) is 4.70. The summed E-state index contributed by atoms with van der Waals surface area (Å²) < 4.78 is 7.53. The highest BCUT2D eigenvalue weighted by Gasteiger charge is 2.58. The maximum Gasteiger partial charge on any atom is 0.142 e. The van der Waals surface area contributed by atoms with Gasteiger partial charge in [-0.3, -0.25) is 9.58 Å². The van der Waals surface area contributed by atoms with Crippen molar-refractivity contribution in [2.45, 2.75) is 31.8 Å². The van der Waals surface area contributed by atoms with Crippen LogP contribution in [0.4, 0.5) is 5.82 Å². The van der Waals surface area contributed by atoms with Crippen molar-refractivity contribution in [3.8, 4) is 11.3 Å². The van der Waals surface area contributed by atoms with Crippen LogP contribution in [0.3, 0.4) is 0 Å². The van der Waals surface area contributed by atoms with Crippen molar-refractivity contribution >= 4 is 17.4 Å². The highest BCUT2D eigenvalue weighted by molar-refractivity contribution is 6.33. The number of pyridine rings is 1. The monoisotopic (exact) mass is 373 g/mol. The van der Waals surface area contributed by atoms with Crippen LogP contribution in [0.15, 0.2) is 18.3 Å². The number of likely N-dealkylation sites (tertiary alicyclic amines) is 1. The van der Waals surface area contributed by atoms with Gasteiger partial charge >= 0.3 is 0 Å². The Hall–Kier alpha value is -1.63. The number of anilines is 1. The van der Waals surface area contributed by atoms with Crippen LogP contribution in [0, 0.1) is 11.8 Å². The minimum absolute atomic E-state index is 0.327. The molecule has 4 heterocycles. The fourth-order valence-electron chi connectivity index (χ4n) is 4.53. The predicted molar refractivity (Wildman–Crippen MR) is 101 cm³/mol. The Kier molecular flexibility index (Phi) is 3.78. The number of halogens is 1. The van der Waals surface area contributed by atoms with E-state index in [4.69, 9.17) is 27.2 Å². The molecule has 1 saturated carbocycles. The molecular weight excluding hydrogens is 350 g/mol. The summed E-state index contributed by atoms with van der Waals surface area (Å²) in [6, 6.07) is 5.06. The van der Waals surface area contributed by atoms with E-state index in [9.17, 15) is 0 Å². The number of rotatable bonds is 4. The molecule has 0 amide bonds. The molecule has 0 spiro atoms. The average Bonchev–Trinajstić information content (AvgIpc) is 2.94. The first-order valence-electron chi connectivity index (χ1n) is 9.35. The minimum Gasteiger partial charge on any atom is -0.382 e. The normalized spacial score (nSPS) is 28.4. The molecule has 138 valence electrons. The van der Waals surface area contributed by atoms with Gasteiger partial charge in [-0.1, -0.05) is 11.6 Å². The molecule has 3 fully saturated rings. The number of aromatic nitrogens is 3. The van der Waals surface area contributed by atoms with Gasteiger partial charge in [0.2, 0.25) is 0 Å². The summed E-state index contributed by atoms with van der Waals surface area (Å²) in [6.45, 7) is 8.57. The summed E-state index contributed by atoms with van der Waals surface area (Å²) in [7, 11) is 0. The average molecular weight is 374 g/mol. The second-order valence-electron chi connectivity index (χ2n) is 8.08. The van der Waals surface area contributed by atoms with Crippen molar-refractivity contribution in [1.82, 2.24) is 19.7 Å². The molecule has 0 aromatic carbocycles. The zero-order chi connectivity index (χ0) is 18.0. The van der Waals surface area contributed by atoms with Gasteiger partial charge in [0.1, 0.15) is 5.82 Å². The van der Waals surface area contributed by atoms with Gasteiger partial charge in [-0.05, 0) is 37.8 Å². The minimum atomic E-state index is 0.327. The number of hydrogen-bond donors (Lipinski definition) is 1. The van der Waals surface area contributed by atoms with E-state index in [0.717, 1.165) is 36.3 Å². The number of nitrogens with zero attached hydrogens (tertiary/aromatic N) is 4. The highest BCUT2D eigenvalue weighted by Crippen LogP contribution is 2.59. The molecule has 2 aromatic heterocycles. The summed E-state index contributed by atoms with van der Waals surface area (Å²) in [5.74, 6) is 2.49. The van der Waals surface area contributed by atoms with Crippen LogP contribution in [-0.4, -0.2) is 52.0 Å². The number of hydrogen-bond acceptors (Lipinski definition) is 5. The molecule has 0 bridgehead atoms. The van der Waals surface area contributed by atoms with Crippen LogP contribution in [0.2, 0.25) is 5.02 Å². The van der Waals surface area contributed by atoms with E-state index in [-0.39, 0.29) is 0 Å². The Morgan fingerprint density at radius 2 is 1.96 bits per heavy atom. The van der Waals surface area contributed by atoms with Gasteiger partial charge in [-0.2, -0.15) is 5.10 Å². The third-order valence-electron chi connectivity index (χ3n) is 6.12. The largest absolute Gasteiger partial charge is 0.382 e. The summed E-state index contributed by atoms with van der Waals surface area (Å²) in [4.78, 5) is 6.79. The van der Waals surface area contributed by atoms with Crippen molar-refractivity contribution in [1.29, 1.82) is 0 Å². The third kappa shape index (κ3) is 2.54. The molecule has 3 aliphatic rings. The number of nitrogens with two attached hydrogens (primary N) is 1. The summed E-state index contributed by atoms with van der Waals surface area (Å²) in [6.07, 6.45) is 1.75. The zero-order valence-corrected chi connectivity index (χ0v) is 15.9. The molecule has 3 atom stereocenters. The highest BCUT2D eigenvalue weighted by atomic mass is 35.5. The van der Waals surface area contributed by atoms with Crippen molar-refractivity contribution in [2.75, 3.05) is 32.0 Å². The van der Waals surface area contributed by atoms with Crippen LogP contribution < -0.4 is 5.73 Å². The van der Waals surface area contributed by atoms with E-state index in [1.54, 1.807) is 6.20 Å². The summed E-state index contributed by atoms with van der Waals surface area (Å²) in [5.41, 5.74) is 8.94. The van der Waals surface area contributed by atoms with Crippen LogP contribution in [0.5, 0.6) is 0 Å². The molecule has 2 N–H and O–H groups in total. The Balaban J connectivity index is 1.41. The summed E-state index contributed by atoms with van der Waals surface area (Å²) in [5, 5.41) is 5.34. The molecule has 2 saturated heterocycles. The van der Waals surface area contributed by atoms with E-state index in [1.165, 1.54) is 18.8 Å². The van der Waals surface area contributed by atoms with E-state index in [0.29, 0.717) is 28.8 Å². The first-order valence-corrected chi connectivity index (χ1v) is 9.73. The molecule has 1 aliphatic carbocycles. The Bertz CT molecular complexity index is 834. The van der Waals surface area contributed by atoms with Crippen molar-refractivity contribution in [3.05, 3.63) is 29.0 Å². The van der Waals surface area contributed by atoms with Crippen molar-refractivity contribution < 1.29 is 4.74 Å². The number of fused-ring (bicyclic) bond motifs is 1. The smallest absolute Gasteiger partial charge is 0.142 e. The van der Waals surface area contributed by atoms with Gasteiger partial charge in [0.15, 0.2) is 0 Å². The van der Waals surface area contributed by atoms with Gasteiger partial charge in [0, 0.05) is 42.5 Å². The quantitative estimate of drug-likeness (QED) is 0.892. The van der Waals surface area contributed by atoms with Crippen molar-refractivity contribution in [3.63, 3.8) is 0 Å². The molecule has 2 aliphatic heterocycles. The second-order valence-corrected chi connectivity index (χ2v) is 8.49. The van der Waals surface area contributed by atoms with Gasteiger partial charge < -0.3 is 10.5 Å². The topological polar surface area (TPSA) is 69.2 Å². The van der Waals surface area contributed by atoms with Gasteiger partial charge in [0.25, 0.3) is 0 Å². The van der Waals surface area contributed by atoms with Crippen molar-refractivity contribution in [2.24, 2.45) is 11.8 Å². The second kappa shape index (κ2) is 5.94. The predicted octanol–water partition coefficient (Wildman–Crippen LogP) is 2.81.